The van der Waals surface area contributed by atoms with E-state index in [4.69, 9.17) is 0 Å². The van der Waals surface area contributed by atoms with Crippen LogP contribution in [0.25, 0.3) is 16.5 Å². The minimum Gasteiger partial charge on any atom is -0.289 e. The number of non-ortho nitro benzene ring substituents is 1. The summed E-state index contributed by atoms with van der Waals surface area (Å²) in [5.41, 5.74) is 0.440. The molecule has 1 aliphatic rings. The van der Waals surface area contributed by atoms with E-state index in [2.05, 4.69) is 5.32 Å². The Morgan fingerprint density at radius 3 is 2.29 bits per heavy atom. The smallest absolute Gasteiger partial charge is 0.269 e. The van der Waals surface area contributed by atoms with Crippen molar-refractivity contribution in [2.75, 3.05) is 0 Å². The van der Waals surface area contributed by atoms with E-state index in [0.29, 0.717) is 16.5 Å². The Bertz CT molecular complexity index is 1300. The van der Waals surface area contributed by atoms with Crippen molar-refractivity contribution >= 4 is 44.0 Å². The zero-order valence-electron chi connectivity index (χ0n) is 14.0. The zero-order chi connectivity index (χ0) is 20.1. The number of hydrogen-bond donors (Lipinski definition) is 1. The van der Waals surface area contributed by atoms with Gasteiger partial charge in [0.2, 0.25) is 0 Å². The minimum atomic E-state index is -4.10. The van der Waals surface area contributed by atoms with Crippen molar-refractivity contribution in [2.45, 2.75) is 4.90 Å². The summed E-state index contributed by atoms with van der Waals surface area (Å²) in [6, 6.07) is 11.0. The molecule has 1 N–H and O–H groups in total. The molecule has 0 fully saturated rings. The van der Waals surface area contributed by atoms with Crippen molar-refractivity contribution in [3.05, 3.63) is 76.5 Å². The largest absolute Gasteiger partial charge is 0.289 e. The van der Waals surface area contributed by atoms with Gasteiger partial charge in [0.25, 0.3) is 27.5 Å². The van der Waals surface area contributed by atoms with Crippen LogP contribution in [-0.4, -0.2) is 29.1 Å². The highest BCUT2D eigenvalue weighted by Crippen LogP contribution is 2.31. The van der Waals surface area contributed by atoms with Gasteiger partial charge in [-0.05, 0) is 18.2 Å². The second-order valence-corrected chi connectivity index (χ2v) is 7.80. The third kappa shape index (κ3) is 2.67. The highest BCUT2D eigenvalue weighted by molar-refractivity contribution is 7.90. The van der Waals surface area contributed by atoms with Gasteiger partial charge in [-0.15, -0.1) is 0 Å². The molecule has 1 aliphatic heterocycles. The van der Waals surface area contributed by atoms with E-state index in [-0.39, 0.29) is 16.2 Å². The van der Waals surface area contributed by atoms with Gasteiger partial charge in [0.05, 0.1) is 20.9 Å². The summed E-state index contributed by atoms with van der Waals surface area (Å²) < 4.78 is 27.2. The number of benzene rings is 2. The lowest BCUT2D eigenvalue weighted by Crippen LogP contribution is -2.21. The first-order valence-electron chi connectivity index (χ1n) is 7.96. The Hall–Kier alpha value is -3.79. The Kier molecular flexibility index (Phi) is 3.86. The van der Waals surface area contributed by atoms with E-state index in [0.717, 1.165) is 34.3 Å². The summed E-state index contributed by atoms with van der Waals surface area (Å²) in [6.07, 6.45) is 2.39. The highest BCUT2D eigenvalue weighted by atomic mass is 32.2. The highest BCUT2D eigenvalue weighted by Gasteiger charge is 2.28. The first-order chi connectivity index (χ1) is 13.3. The summed E-state index contributed by atoms with van der Waals surface area (Å²) in [5.74, 6) is -1.18. The summed E-state index contributed by atoms with van der Waals surface area (Å²) >= 11 is 0. The lowest BCUT2D eigenvalue weighted by atomic mass is 10.1. The molecule has 28 heavy (non-hydrogen) atoms. The first kappa shape index (κ1) is 17.6. The van der Waals surface area contributed by atoms with Crippen LogP contribution in [0, 0.1) is 10.1 Å². The standard InChI is InChI=1S/C18H11N3O6S/c22-17-9-14(18(23)19-17)15-10-20(16-4-2-1-3-13(15)16)28(26,27)12-7-5-11(6-8-12)21(24)25/h1-10H,(H,19,22,23). The molecule has 0 saturated heterocycles. The molecule has 0 spiro atoms. The Balaban J connectivity index is 1.92. The van der Waals surface area contributed by atoms with E-state index in [1.165, 1.54) is 6.20 Å². The molecule has 4 rings (SSSR count). The molecule has 2 heterocycles. The van der Waals surface area contributed by atoms with E-state index in [9.17, 15) is 28.1 Å². The number of carbonyl (C=O) groups is 2. The normalized spacial score (nSPS) is 14.2. The quantitative estimate of drug-likeness (QED) is 0.406. The summed E-state index contributed by atoms with van der Waals surface area (Å²) in [5, 5.41) is 13.4. The second kappa shape index (κ2) is 6.13. The van der Waals surface area contributed by atoms with E-state index < -0.39 is 26.8 Å². The molecule has 0 atom stereocenters. The van der Waals surface area contributed by atoms with Crippen molar-refractivity contribution in [1.82, 2.24) is 9.29 Å². The maximum absolute atomic E-state index is 13.1. The average molecular weight is 397 g/mol. The predicted molar refractivity (Wildman–Crippen MR) is 98.7 cm³/mol. The van der Waals surface area contributed by atoms with Crippen LogP contribution in [0.5, 0.6) is 0 Å². The van der Waals surface area contributed by atoms with Crippen LogP contribution in [0.15, 0.2) is 65.7 Å². The number of aromatic nitrogens is 1. The minimum absolute atomic E-state index is 0.0684. The molecular formula is C18H11N3O6S. The monoisotopic (exact) mass is 397 g/mol. The zero-order valence-corrected chi connectivity index (χ0v) is 14.8. The lowest BCUT2D eigenvalue weighted by molar-refractivity contribution is -0.384. The van der Waals surface area contributed by atoms with Gasteiger partial charge in [-0.3, -0.25) is 25.0 Å². The van der Waals surface area contributed by atoms with Gasteiger partial charge in [0, 0.05) is 35.4 Å². The third-order valence-electron chi connectivity index (χ3n) is 4.33. The van der Waals surface area contributed by atoms with Gasteiger partial charge in [0.15, 0.2) is 0 Å². The van der Waals surface area contributed by atoms with Gasteiger partial charge in [-0.25, -0.2) is 12.4 Å². The van der Waals surface area contributed by atoms with Crippen LogP contribution in [0.3, 0.4) is 0 Å². The number of carbonyl (C=O) groups excluding carboxylic acids is 2. The number of nitrogens with one attached hydrogen (secondary N) is 1. The van der Waals surface area contributed by atoms with Gasteiger partial charge >= 0.3 is 0 Å². The molecule has 3 aromatic rings. The van der Waals surface area contributed by atoms with Gasteiger partial charge < -0.3 is 0 Å². The molecule has 2 amide bonds. The van der Waals surface area contributed by atoms with E-state index in [1.807, 2.05) is 0 Å². The number of nitrogens with zero attached hydrogens (tertiary/aromatic N) is 2. The van der Waals surface area contributed by atoms with E-state index in [1.54, 1.807) is 24.3 Å². The van der Waals surface area contributed by atoms with Crippen LogP contribution < -0.4 is 5.32 Å². The third-order valence-corrected chi connectivity index (χ3v) is 6.02. The first-order valence-corrected chi connectivity index (χ1v) is 9.40. The maximum Gasteiger partial charge on any atom is 0.269 e. The van der Waals surface area contributed by atoms with Crippen molar-refractivity contribution in [3.63, 3.8) is 0 Å². The number of hydrogen-bond acceptors (Lipinski definition) is 6. The number of amides is 2. The average Bonchev–Trinajstić information content (AvgIpc) is 3.21. The number of rotatable bonds is 4. The summed E-state index contributed by atoms with van der Waals surface area (Å²) in [4.78, 5) is 33.6. The van der Waals surface area contributed by atoms with Gasteiger partial charge in [0.1, 0.15) is 0 Å². The van der Waals surface area contributed by atoms with Crippen LogP contribution in [-0.2, 0) is 19.6 Å². The molecule has 0 unspecified atom stereocenters. The molecule has 140 valence electrons. The van der Waals surface area contributed by atoms with Crippen molar-refractivity contribution < 1.29 is 22.9 Å². The van der Waals surface area contributed by atoms with Crippen molar-refractivity contribution in [2.24, 2.45) is 0 Å². The Morgan fingerprint density at radius 1 is 1.00 bits per heavy atom. The van der Waals surface area contributed by atoms with Gasteiger partial charge in [-0.1, -0.05) is 18.2 Å². The summed E-state index contributed by atoms with van der Waals surface area (Å²) in [6.45, 7) is 0. The molecule has 9 nitrogen and oxygen atoms in total. The Morgan fingerprint density at radius 2 is 1.68 bits per heavy atom. The second-order valence-electron chi connectivity index (χ2n) is 5.99. The number of nitro benzene ring substituents is 1. The molecule has 2 aromatic carbocycles. The molecule has 10 heteroatoms. The molecule has 0 bridgehead atoms. The molecule has 0 saturated carbocycles. The van der Waals surface area contributed by atoms with Gasteiger partial charge in [-0.2, -0.15) is 0 Å². The molecular weight excluding hydrogens is 386 g/mol. The fourth-order valence-electron chi connectivity index (χ4n) is 3.03. The van der Waals surface area contributed by atoms with E-state index >= 15 is 0 Å². The number of imide groups is 1. The predicted octanol–water partition coefficient (Wildman–Crippen LogP) is 1.83. The molecule has 1 aromatic heterocycles. The summed E-state index contributed by atoms with van der Waals surface area (Å²) in [7, 11) is -4.10. The maximum atomic E-state index is 13.1. The van der Waals surface area contributed by atoms with Crippen molar-refractivity contribution in [1.29, 1.82) is 0 Å². The molecule has 0 aliphatic carbocycles. The topological polar surface area (TPSA) is 128 Å². The lowest BCUT2D eigenvalue weighted by Gasteiger charge is -2.07. The van der Waals surface area contributed by atoms with Crippen LogP contribution in [0.4, 0.5) is 5.69 Å². The fourth-order valence-corrected chi connectivity index (χ4v) is 4.40. The fraction of sp³-hybridized carbons (Fsp3) is 0. The SMILES string of the molecule is O=C1C=C(c2cn(S(=O)(=O)c3ccc([N+](=O)[O-])cc3)c3ccccc23)C(=O)N1. The number of para-hydroxylation sites is 1. The number of fused-ring (bicyclic) bond motifs is 1. The Labute approximate surface area is 158 Å². The van der Waals surface area contributed by atoms with Crippen LogP contribution in [0.1, 0.15) is 5.56 Å². The van der Waals surface area contributed by atoms with Crippen LogP contribution in [0.2, 0.25) is 0 Å². The van der Waals surface area contributed by atoms with Crippen LogP contribution >= 0.6 is 0 Å². The number of nitro groups is 1. The van der Waals surface area contributed by atoms with Crippen molar-refractivity contribution in [3.8, 4) is 0 Å². The molecule has 0 radical (unpaired) electrons.